The van der Waals surface area contributed by atoms with Crippen LogP contribution >= 0.6 is 0 Å². The summed E-state index contributed by atoms with van der Waals surface area (Å²) in [5.74, 6) is 0. The summed E-state index contributed by atoms with van der Waals surface area (Å²) in [6.45, 7) is 7.37. The summed E-state index contributed by atoms with van der Waals surface area (Å²) < 4.78 is 0. The molecule has 1 heterocycles. The fraction of sp³-hybridized carbons (Fsp3) is 0. The molecule has 0 amide bonds. The van der Waals surface area contributed by atoms with Crippen LogP contribution in [0.4, 0.5) is 5.69 Å². The van der Waals surface area contributed by atoms with Gasteiger partial charge in [0.15, 0.2) is 5.69 Å². The molecule has 0 saturated carbocycles. The maximum atomic E-state index is 8.98. The van der Waals surface area contributed by atoms with E-state index in [4.69, 9.17) is 11.8 Å². The van der Waals surface area contributed by atoms with Gasteiger partial charge in [-0.15, -0.1) is 0 Å². The summed E-state index contributed by atoms with van der Waals surface area (Å²) in [4.78, 5) is 8.01. The molecule has 3 rings (SSSR count). The molecule has 22 heavy (non-hydrogen) atoms. The van der Waals surface area contributed by atoms with E-state index in [1.54, 1.807) is 24.4 Å². The Balaban J connectivity index is 2.23. The third kappa shape index (κ3) is 2.44. The van der Waals surface area contributed by atoms with E-state index in [0.29, 0.717) is 11.3 Å². The molecule has 0 bridgehead atoms. The van der Waals surface area contributed by atoms with E-state index >= 15 is 0 Å². The van der Waals surface area contributed by atoms with E-state index in [1.165, 1.54) is 0 Å². The first kappa shape index (κ1) is 13.5. The second-order valence-corrected chi connectivity index (χ2v) is 4.72. The van der Waals surface area contributed by atoms with Crippen molar-refractivity contribution >= 4 is 5.69 Å². The van der Waals surface area contributed by atoms with Crippen molar-refractivity contribution in [3.8, 4) is 28.5 Å². The predicted molar refractivity (Wildman–Crippen MR) is 86.1 cm³/mol. The Hall–Kier alpha value is -3.43. The zero-order valence-corrected chi connectivity index (χ0v) is 11.7. The summed E-state index contributed by atoms with van der Waals surface area (Å²) in [5, 5.41) is 8.98. The molecule has 0 N–H and O–H groups in total. The van der Waals surface area contributed by atoms with Gasteiger partial charge in [-0.2, -0.15) is 5.26 Å². The third-order valence-electron chi connectivity index (χ3n) is 3.39. The Morgan fingerprint density at radius 2 is 1.77 bits per heavy atom. The Bertz CT molecular complexity index is 900. The molecule has 0 radical (unpaired) electrons. The van der Waals surface area contributed by atoms with Crippen molar-refractivity contribution in [2.75, 3.05) is 0 Å². The smallest absolute Gasteiger partial charge is 0.197 e. The number of hydrogen-bond acceptors (Lipinski definition) is 2. The van der Waals surface area contributed by atoms with Crippen LogP contribution in [-0.4, -0.2) is 4.98 Å². The van der Waals surface area contributed by atoms with E-state index in [1.807, 2.05) is 42.5 Å². The van der Waals surface area contributed by atoms with Crippen LogP contribution in [0.3, 0.4) is 0 Å². The van der Waals surface area contributed by atoms with Gasteiger partial charge in [0, 0.05) is 22.9 Å². The minimum absolute atomic E-state index is 0.440. The number of benzene rings is 2. The maximum absolute atomic E-state index is 8.98. The van der Waals surface area contributed by atoms with Gasteiger partial charge in [0.1, 0.15) is 0 Å². The molecule has 3 aromatic rings. The van der Waals surface area contributed by atoms with Crippen molar-refractivity contribution in [2.45, 2.75) is 0 Å². The third-order valence-corrected chi connectivity index (χ3v) is 3.39. The fourth-order valence-corrected chi connectivity index (χ4v) is 2.36. The number of hydrogen-bond donors (Lipinski definition) is 0. The Kier molecular flexibility index (Phi) is 3.64. The highest BCUT2D eigenvalue weighted by Gasteiger charge is 2.12. The van der Waals surface area contributed by atoms with Crippen LogP contribution in [0.5, 0.6) is 0 Å². The first-order valence-corrected chi connectivity index (χ1v) is 6.76. The summed E-state index contributed by atoms with van der Waals surface area (Å²) >= 11 is 0. The highest BCUT2D eigenvalue weighted by atomic mass is 14.7. The molecule has 0 saturated heterocycles. The molecule has 0 fully saturated rings. The van der Waals surface area contributed by atoms with Crippen LogP contribution in [-0.2, 0) is 0 Å². The predicted octanol–water partition coefficient (Wildman–Crippen LogP) is 4.84. The van der Waals surface area contributed by atoms with Gasteiger partial charge in [-0.25, -0.2) is 4.85 Å². The highest BCUT2D eigenvalue weighted by Crippen LogP contribution is 2.36. The fourth-order valence-electron chi connectivity index (χ4n) is 2.36. The molecule has 0 aliphatic rings. The highest BCUT2D eigenvalue weighted by molar-refractivity contribution is 5.87. The van der Waals surface area contributed by atoms with E-state index in [2.05, 4.69) is 15.9 Å². The SMILES string of the molecule is [C-]#[N+]c1cc(C#N)ccc1-c1ncccc1-c1ccccc1. The van der Waals surface area contributed by atoms with Gasteiger partial charge in [0.05, 0.1) is 18.3 Å². The van der Waals surface area contributed by atoms with Crippen LogP contribution in [0, 0.1) is 17.9 Å². The molecule has 3 nitrogen and oxygen atoms in total. The lowest BCUT2D eigenvalue weighted by atomic mass is 9.97. The molecular weight excluding hydrogens is 270 g/mol. The number of nitrogens with zero attached hydrogens (tertiary/aromatic N) is 3. The molecule has 1 aromatic heterocycles. The summed E-state index contributed by atoms with van der Waals surface area (Å²) in [5.41, 5.74) is 4.43. The van der Waals surface area contributed by atoms with Gasteiger partial charge < -0.3 is 0 Å². The number of nitriles is 1. The van der Waals surface area contributed by atoms with Gasteiger partial charge in [0.25, 0.3) is 0 Å². The number of rotatable bonds is 2. The Morgan fingerprint density at radius 1 is 0.955 bits per heavy atom. The van der Waals surface area contributed by atoms with E-state index in [9.17, 15) is 0 Å². The van der Waals surface area contributed by atoms with Crippen LogP contribution < -0.4 is 0 Å². The molecule has 2 aromatic carbocycles. The zero-order valence-electron chi connectivity index (χ0n) is 11.7. The normalized spacial score (nSPS) is 9.73. The average Bonchev–Trinajstić information content (AvgIpc) is 2.62. The van der Waals surface area contributed by atoms with E-state index < -0.39 is 0 Å². The molecule has 0 spiro atoms. The van der Waals surface area contributed by atoms with E-state index in [0.717, 1.165) is 22.4 Å². The lowest BCUT2D eigenvalue weighted by molar-refractivity contribution is 1.33. The molecule has 0 unspecified atom stereocenters. The van der Waals surface area contributed by atoms with Crippen LogP contribution in [0.1, 0.15) is 5.56 Å². The summed E-state index contributed by atoms with van der Waals surface area (Å²) in [6, 6.07) is 21.0. The van der Waals surface area contributed by atoms with Gasteiger partial charge in [-0.05, 0) is 23.8 Å². The first-order chi connectivity index (χ1) is 10.8. The quantitative estimate of drug-likeness (QED) is 0.631. The molecule has 3 heteroatoms. The second kappa shape index (κ2) is 5.91. The van der Waals surface area contributed by atoms with Crippen LogP contribution in [0.25, 0.3) is 27.2 Å². The average molecular weight is 281 g/mol. The van der Waals surface area contributed by atoms with Crippen molar-refractivity contribution in [2.24, 2.45) is 0 Å². The van der Waals surface area contributed by atoms with Crippen LogP contribution in [0.15, 0.2) is 66.9 Å². The van der Waals surface area contributed by atoms with Gasteiger partial charge >= 0.3 is 0 Å². The summed E-state index contributed by atoms with van der Waals surface area (Å²) in [6.07, 6.45) is 1.72. The lowest BCUT2D eigenvalue weighted by Gasteiger charge is -2.10. The Labute approximate surface area is 128 Å². The minimum atomic E-state index is 0.440. The zero-order chi connectivity index (χ0) is 15.4. The monoisotopic (exact) mass is 281 g/mol. The first-order valence-electron chi connectivity index (χ1n) is 6.76. The Morgan fingerprint density at radius 3 is 2.50 bits per heavy atom. The topological polar surface area (TPSA) is 41.0 Å². The second-order valence-electron chi connectivity index (χ2n) is 4.72. The van der Waals surface area contributed by atoms with Crippen molar-refractivity contribution in [1.82, 2.24) is 4.98 Å². The molecule has 0 aliphatic heterocycles. The standard InChI is InChI=1S/C19H11N3/c1-21-18-12-14(13-20)9-10-17(18)19-16(8-5-11-22-19)15-6-3-2-4-7-15/h2-12H. The van der Waals surface area contributed by atoms with Gasteiger partial charge in [-0.1, -0.05) is 42.5 Å². The molecule has 102 valence electrons. The van der Waals surface area contributed by atoms with Crippen molar-refractivity contribution < 1.29 is 0 Å². The number of pyridine rings is 1. The summed E-state index contributed by atoms with van der Waals surface area (Å²) in [7, 11) is 0. The van der Waals surface area contributed by atoms with Gasteiger partial charge in [0.2, 0.25) is 0 Å². The lowest BCUT2D eigenvalue weighted by Crippen LogP contribution is -1.89. The van der Waals surface area contributed by atoms with Crippen molar-refractivity contribution in [1.29, 1.82) is 5.26 Å². The molecule has 0 atom stereocenters. The van der Waals surface area contributed by atoms with Crippen LogP contribution in [0.2, 0.25) is 0 Å². The largest absolute Gasteiger partial charge is 0.257 e. The molecular formula is C19H11N3. The van der Waals surface area contributed by atoms with Crippen molar-refractivity contribution in [3.63, 3.8) is 0 Å². The van der Waals surface area contributed by atoms with Crippen molar-refractivity contribution in [3.05, 3.63) is 83.8 Å². The number of aromatic nitrogens is 1. The van der Waals surface area contributed by atoms with E-state index in [-0.39, 0.29) is 0 Å². The minimum Gasteiger partial charge on any atom is -0.257 e. The maximum Gasteiger partial charge on any atom is 0.197 e. The van der Waals surface area contributed by atoms with Gasteiger partial charge in [-0.3, -0.25) is 4.98 Å². The molecule has 0 aliphatic carbocycles.